The Labute approximate surface area is 348 Å². The minimum absolute atomic E-state index is 0.266. The molecule has 0 aromatic rings. The predicted molar refractivity (Wildman–Crippen MR) is 229 cm³/mol. The Hall–Kier alpha value is -0.890. The maximum Gasteiger partial charge on any atom is 0.249 e. The van der Waals surface area contributed by atoms with Crippen molar-refractivity contribution in [3.63, 3.8) is 0 Å². The number of hydrogen-bond donors (Lipinski definition) is 8. The maximum atomic E-state index is 13.1. The number of nitrogens with one attached hydrogen (secondary N) is 1. The molecule has 9 atom stereocenters. The lowest BCUT2D eigenvalue weighted by atomic mass is 9.98. The van der Waals surface area contributed by atoms with Crippen LogP contribution in [0.4, 0.5) is 0 Å². The highest BCUT2D eigenvalue weighted by molar-refractivity contribution is 5.80. The number of amides is 1. The van der Waals surface area contributed by atoms with E-state index < -0.39 is 74.2 Å². The largest absolute Gasteiger partial charge is 0.394 e. The first-order chi connectivity index (χ1) is 27.7. The second-order valence-corrected chi connectivity index (χ2v) is 17.2. The van der Waals surface area contributed by atoms with Gasteiger partial charge >= 0.3 is 0 Å². The van der Waals surface area contributed by atoms with Crippen LogP contribution in [0.1, 0.15) is 219 Å². The number of carbonyl (C=O) groups excluding carboxylic acids is 1. The van der Waals surface area contributed by atoms with E-state index in [0.717, 1.165) is 38.5 Å². The number of carbonyl (C=O) groups is 1. The van der Waals surface area contributed by atoms with Crippen LogP contribution in [0.25, 0.3) is 0 Å². The average molecular weight is 818 g/mol. The topological polar surface area (TPSA) is 189 Å². The average Bonchev–Trinajstić information content (AvgIpc) is 3.21. The van der Waals surface area contributed by atoms with Crippen LogP contribution in [0.2, 0.25) is 0 Å². The van der Waals surface area contributed by atoms with Crippen LogP contribution in [0.5, 0.6) is 0 Å². The molecule has 1 fully saturated rings. The van der Waals surface area contributed by atoms with Crippen molar-refractivity contribution in [2.75, 3.05) is 13.2 Å². The van der Waals surface area contributed by atoms with Crippen molar-refractivity contribution < 1.29 is 50.0 Å². The molecule has 11 nitrogen and oxygen atoms in total. The van der Waals surface area contributed by atoms with Gasteiger partial charge in [0.15, 0.2) is 6.29 Å². The molecular formula is C46H91NO10. The number of unbranched alkanes of at least 4 members (excludes halogenated alkanes) is 28. The highest BCUT2D eigenvalue weighted by Crippen LogP contribution is 2.23. The summed E-state index contributed by atoms with van der Waals surface area (Å²) in [5.74, 6) is -0.694. The molecule has 11 heteroatoms. The van der Waals surface area contributed by atoms with Crippen LogP contribution in [0, 0.1) is 0 Å². The summed E-state index contributed by atoms with van der Waals surface area (Å²) in [5, 5.41) is 75.6. The summed E-state index contributed by atoms with van der Waals surface area (Å²) in [6.07, 6.45) is 25.8. The van der Waals surface area contributed by atoms with Gasteiger partial charge in [0.25, 0.3) is 0 Å². The minimum Gasteiger partial charge on any atom is -0.394 e. The van der Waals surface area contributed by atoms with Crippen LogP contribution in [0.15, 0.2) is 0 Å². The Balaban J connectivity index is 2.41. The fourth-order valence-electron chi connectivity index (χ4n) is 7.91. The minimum atomic E-state index is -1.66. The van der Waals surface area contributed by atoms with E-state index in [-0.39, 0.29) is 6.42 Å². The van der Waals surface area contributed by atoms with Gasteiger partial charge < -0.3 is 50.5 Å². The number of hydrogen-bond acceptors (Lipinski definition) is 10. The fourth-order valence-corrected chi connectivity index (χ4v) is 7.91. The molecule has 1 saturated heterocycles. The monoisotopic (exact) mass is 818 g/mol. The van der Waals surface area contributed by atoms with Gasteiger partial charge in [-0.15, -0.1) is 0 Å². The molecule has 0 radical (unpaired) electrons. The highest BCUT2D eigenvalue weighted by Gasteiger charge is 2.44. The zero-order valence-corrected chi connectivity index (χ0v) is 36.6. The van der Waals surface area contributed by atoms with Gasteiger partial charge in [0.2, 0.25) is 5.91 Å². The molecule has 8 N–H and O–H groups in total. The number of ether oxygens (including phenoxy) is 2. The smallest absolute Gasteiger partial charge is 0.249 e. The summed E-state index contributed by atoms with van der Waals surface area (Å²) in [5.41, 5.74) is 0. The Bertz CT molecular complexity index is 897. The molecule has 1 rings (SSSR count). The van der Waals surface area contributed by atoms with Crippen LogP contribution >= 0.6 is 0 Å². The number of rotatable bonds is 40. The molecule has 57 heavy (non-hydrogen) atoms. The van der Waals surface area contributed by atoms with E-state index in [1.54, 1.807) is 0 Å². The predicted octanol–water partition coefficient (Wildman–Crippen LogP) is 7.89. The van der Waals surface area contributed by atoms with Gasteiger partial charge in [0.05, 0.1) is 25.4 Å². The van der Waals surface area contributed by atoms with E-state index in [1.165, 1.54) is 141 Å². The first-order valence-electron chi connectivity index (χ1n) is 23.9. The van der Waals surface area contributed by atoms with Crippen LogP contribution in [-0.2, 0) is 14.3 Å². The van der Waals surface area contributed by atoms with Crippen molar-refractivity contribution in [3.05, 3.63) is 0 Å². The maximum absolute atomic E-state index is 13.1. The molecule has 1 aliphatic rings. The van der Waals surface area contributed by atoms with Crippen molar-refractivity contribution in [3.8, 4) is 0 Å². The summed E-state index contributed by atoms with van der Waals surface area (Å²) in [6, 6.07) is -1.16. The van der Waals surface area contributed by atoms with Crippen LogP contribution in [-0.4, -0.2) is 110 Å². The number of aliphatic hydroxyl groups is 7. The quantitative estimate of drug-likeness (QED) is 0.0283. The van der Waals surface area contributed by atoms with Crippen molar-refractivity contribution in [2.24, 2.45) is 0 Å². The van der Waals surface area contributed by atoms with E-state index in [0.29, 0.717) is 19.3 Å². The Morgan fingerprint density at radius 1 is 0.544 bits per heavy atom. The first-order valence-corrected chi connectivity index (χ1v) is 23.9. The van der Waals surface area contributed by atoms with E-state index in [9.17, 15) is 40.5 Å². The van der Waals surface area contributed by atoms with Crippen molar-refractivity contribution in [1.82, 2.24) is 5.32 Å². The standard InChI is InChI=1S/C46H91NO10/c1-3-5-7-9-11-13-15-17-18-19-20-21-22-24-26-28-30-32-34-39(50)45(55)47-37(36-56-46-44(54)43(53)42(52)40(35-48)57-46)41(51)38(49)33-31-29-27-25-23-16-14-12-10-8-6-4-2/h37-44,46,48-54H,3-36H2,1-2H3,(H,47,55)/t37-,38+,39+,40+,41-,42+,43-,44+,46+/m0/s1. The van der Waals surface area contributed by atoms with E-state index in [1.807, 2.05) is 0 Å². The molecule has 0 unspecified atom stereocenters. The summed E-state index contributed by atoms with van der Waals surface area (Å²) in [6.45, 7) is 3.45. The van der Waals surface area contributed by atoms with Gasteiger partial charge in [-0.1, -0.05) is 206 Å². The third kappa shape index (κ3) is 26.8. The Morgan fingerprint density at radius 3 is 1.30 bits per heavy atom. The molecule has 340 valence electrons. The molecule has 0 bridgehead atoms. The molecule has 1 heterocycles. The lowest BCUT2D eigenvalue weighted by Gasteiger charge is -2.40. The summed E-state index contributed by atoms with van der Waals surface area (Å²) in [4.78, 5) is 13.1. The molecule has 1 aliphatic heterocycles. The molecule has 0 aromatic carbocycles. The summed E-state index contributed by atoms with van der Waals surface area (Å²) < 4.78 is 11.1. The Kier molecular flexibility index (Phi) is 35.1. The second kappa shape index (κ2) is 36.9. The van der Waals surface area contributed by atoms with E-state index in [4.69, 9.17) is 9.47 Å². The van der Waals surface area contributed by atoms with Gasteiger partial charge in [-0.3, -0.25) is 4.79 Å². The lowest BCUT2D eigenvalue weighted by Crippen LogP contribution is -2.60. The van der Waals surface area contributed by atoms with Crippen molar-refractivity contribution >= 4 is 5.91 Å². The summed E-state index contributed by atoms with van der Waals surface area (Å²) in [7, 11) is 0. The molecule has 0 aliphatic carbocycles. The molecule has 0 aromatic heterocycles. The van der Waals surface area contributed by atoms with Gasteiger partial charge in [-0.25, -0.2) is 0 Å². The van der Waals surface area contributed by atoms with Gasteiger partial charge in [-0.05, 0) is 12.8 Å². The molecule has 1 amide bonds. The van der Waals surface area contributed by atoms with E-state index in [2.05, 4.69) is 19.2 Å². The highest BCUT2D eigenvalue weighted by atomic mass is 16.7. The molecule has 0 saturated carbocycles. The number of aliphatic hydroxyl groups excluding tert-OH is 7. The summed E-state index contributed by atoms with van der Waals surface area (Å²) >= 11 is 0. The van der Waals surface area contributed by atoms with Crippen molar-refractivity contribution in [1.29, 1.82) is 0 Å². The third-order valence-corrected chi connectivity index (χ3v) is 11.9. The Morgan fingerprint density at radius 2 is 0.912 bits per heavy atom. The van der Waals surface area contributed by atoms with Gasteiger partial charge in [0, 0.05) is 0 Å². The SMILES string of the molecule is CCCCCCCCCCCCCCCCCCCC[C@@H](O)C(=O)N[C@@H](CO[C@@H]1O[C@H](CO)[C@@H](O)[C@H](O)[C@H]1O)[C@H](O)[C@H](O)CCCCCCCCCCCCCC. The lowest BCUT2D eigenvalue weighted by molar-refractivity contribution is -0.303. The fraction of sp³-hybridized carbons (Fsp3) is 0.978. The van der Waals surface area contributed by atoms with Gasteiger partial charge in [0.1, 0.15) is 36.6 Å². The first kappa shape index (κ1) is 54.1. The molecular weight excluding hydrogens is 727 g/mol. The normalized spacial score (nSPS) is 22.0. The zero-order chi connectivity index (χ0) is 41.9. The van der Waals surface area contributed by atoms with Crippen molar-refractivity contribution in [2.45, 2.75) is 274 Å². The van der Waals surface area contributed by atoms with Gasteiger partial charge in [-0.2, -0.15) is 0 Å². The van der Waals surface area contributed by atoms with Crippen LogP contribution < -0.4 is 5.32 Å². The van der Waals surface area contributed by atoms with E-state index >= 15 is 0 Å². The third-order valence-electron chi connectivity index (χ3n) is 11.9. The van der Waals surface area contributed by atoms with Crippen LogP contribution in [0.3, 0.4) is 0 Å². The molecule has 0 spiro atoms. The zero-order valence-electron chi connectivity index (χ0n) is 36.6. The second-order valence-electron chi connectivity index (χ2n) is 17.2.